The lowest BCUT2D eigenvalue weighted by molar-refractivity contribution is 0.0697. The number of carbonyl (C=O) groups is 1. The van der Waals surface area contributed by atoms with Crippen molar-refractivity contribution in [2.45, 2.75) is 23.1 Å². The highest BCUT2D eigenvalue weighted by Crippen LogP contribution is 2.33. The van der Waals surface area contributed by atoms with Crippen molar-refractivity contribution in [3.63, 3.8) is 0 Å². The van der Waals surface area contributed by atoms with Crippen molar-refractivity contribution in [3.05, 3.63) is 47.5 Å². The molecule has 33 heavy (non-hydrogen) atoms. The number of amides is 1. The van der Waals surface area contributed by atoms with Crippen LogP contribution in [-0.4, -0.2) is 71.3 Å². The molecule has 1 amide bonds. The zero-order chi connectivity index (χ0) is 23.8. The Morgan fingerprint density at radius 2 is 1.52 bits per heavy atom. The molecule has 0 radical (unpaired) electrons. The maximum atomic E-state index is 13.2. The highest BCUT2D eigenvalue weighted by atomic mass is 32.2. The van der Waals surface area contributed by atoms with Crippen LogP contribution in [0.4, 0.5) is 0 Å². The number of carbonyl (C=O) groups excluding carboxylic acids is 1. The van der Waals surface area contributed by atoms with Gasteiger partial charge in [0.25, 0.3) is 5.91 Å². The van der Waals surface area contributed by atoms with Crippen LogP contribution in [-0.2, 0) is 20.0 Å². The van der Waals surface area contributed by atoms with E-state index in [2.05, 4.69) is 0 Å². The summed E-state index contributed by atoms with van der Waals surface area (Å²) in [4.78, 5) is 14.5. The van der Waals surface area contributed by atoms with E-state index in [1.54, 1.807) is 13.0 Å². The van der Waals surface area contributed by atoms with Gasteiger partial charge in [0, 0.05) is 44.2 Å². The second kappa shape index (κ2) is 8.93. The maximum absolute atomic E-state index is 13.2. The zero-order valence-electron chi connectivity index (χ0n) is 18.1. The van der Waals surface area contributed by atoms with Crippen LogP contribution in [0.1, 0.15) is 22.3 Å². The number of sulfonamides is 2. The quantitative estimate of drug-likeness (QED) is 0.667. The van der Waals surface area contributed by atoms with Crippen molar-refractivity contribution < 1.29 is 31.1 Å². The molecule has 2 aromatic rings. The third-order valence-electron chi connectivity index (χ3n) is 5.65. The Bertz CT molecular complexity index is 1280. The molecule has 4 rings (SSSR count). The van der Waals surface area contributed by atoms with Gasteiger partial charge in [-0.25, -0.2) is 22.0 Å². The third kappa shape index (κ3) is 4.83. The van der Waals surface area contributed by atoms with Gasteiger partial charge >= 0.3 is 0 Å². The van der Waals surface area contributed by atoms with E-state index in [1.165, 1.54) is 39.5 Å². The van der Waals surface area contributed by atoms with E-state index in [0.717, 1.165) is 0 Å². The fraction of sp³-hybridized carbons (Fsp3) is 0.381. The minimum atomic E-state index is -3.95. The van der Waals surface area contributed by atoms with Gasteiger partial charge in [0.05, 0.1) is 23.0 Å². The van der Waals surface area contributed by atoms with Crippen LogP contribution in [0.2, 0.25) is 0 Å². The van der Waals surface area contributed by atoms with Crippen molar-refractivity contribution in [2.75, 3.05) is 39.4 Å². The molecule has 2 aromatic carbocycles. The summed E-state index contributed by atoms with van der Waals surface area (Å²) in [6, 6.07) is 8.68. The van der Waals surface area contributed by atoms with Crippen LogP contribution in [0.15, 0.2) is 46.2 Å². The molecule has 178 valence electrons. The molecule has 0 aromatic heterocycles. The van der Waals surface area contributed by atoms with E-state index in [-0.39, 0.29) is 47.4 Å². The normalized spacial score (nSPS) is 17.5. The Kier molecular flexibility index (Phi) is 6.36. The predicted molar refractivity (Wildman–Crippen MR) is 119 cm³/mol. The van der Waals surface area contributed by atoms with Crippen molar-refractivity contribution in [1.29, 1.82) is 0 Å². The summed E-state index contributed by atoms with van der Waals surface area (Å²) >= 11 is 0. The van der Waals surface area contributed by atoms with Gasteiger partial charge < -0.3 is 14.4 Å². The minimum Gasteiger partial charge on any atom is -0.490 e. The highest BCUT2D eigenvalue weighted by Gasteiger charge is 2.32. The fourth-order valence-electron chi connectivity index (χ4n) is 3.76. The Morgan fingerprint density at radius 3 is 2.18 bits per heavy atom. The van der Waals surface area contributed by atoms with Gasteiger partial charge in [-0.1, -0.05) is 6.07 Å². The van der Waals surface area contributed by atoms with E-state index < -0.39 is 20.0 Å². The summed E-state index contributed by atoms with van der Waals surface area (Å²) in [7, 11) is -7.74. The molecule has 10 nitrogen and oxygen atoms in total. The standard InChI is InChI=1S/C21H25N3O7S2/c1-15-3-4-16(32(22,26)27)13-18(15)21(25)23-7-9-24(10-8-23)33(28,29)17-5-6-19-20(14-17)31-12-2-11-30-19/h3-6,13-14H,2,7-12H2,1H3,(H2,22,26,27). The lowest BCUT2D eigenvalue weighted by Gasteiger charge is -2.34. The van der Waals surface area contributed by atoms with Crippen molar-refractivity contribution in [2.24, 2.45) is 5.14 Å². The molecular formula is C21H25N3O7S2. The Morgan fingerprint density at radius 1 is 0.879 bits per heavy atom. The maximum Gasteiger partial charge on any atom is 0.254 e. The number of hydrogen-bond acceptors (Lipinski definition) is 7. The predicted octanol–water partition coefficient (Wildman–Crippen LogP) is 0.950. The average molecular weight is 496 g/mol. The highest BCUT2D eigenvalue weighted by molar-refractivity contribution is 7.89. The first-order valence-corrected chi connectivity index (χ1v) is 13.4. The number of ether oxygens (including phenoxy) is 2. The van der Waals surface area contributed by atoms with E-state index in [9.17, 15) is 21.6 Å². The molecule has 0 saturated carbocycles. The van der Waals surface area contributed by atoms with Gasteiger partial charge in [0.2, 0.25) is 20.0 Å². The van der Waals surface area contributed by atoms with Gasteiger partial charge in [-0.15, -0.1) is 0 Å². The van der Waals surface area contributed by atoms with E-state index >= 15 is 0 Å². The first-order valence-electron chi connectivity index (χ1n) is 10.4. The molecule has 1 fully saturated rings. The molecule has 0 bridgehead atoms. The van der Waals surface area contributed by atoms with Gasteiger partial charge in [0.15, 0.2) is 11.5 Å². The van der Waals surface area contributed by atoms with Crippen LogP contribution >= 0.6 is 0 Å². The van der Waals surface area contributed by atoms with Crippen molar-refractivity contribution in [1.82, 2.24) is 9.21 Å². The summed E-state index contributed by atoms with van der Waals surface area (Å²) in [5.74, 6) is 0.539. The van der Waals surface area contributed by atoms with Crippen molar-refractivity contribution >= 4 is 26.0 Å². The average Bonchev–Trinajstić information content (AvgIpc) is 3.03. The molecule has 1 saturated heterocycles. The number of benzene rings is 2. The summed E-state index contributed by atoms with van der Waals surface area (Å²) < 4.78 is 62.1. The Hall–Kier alpha value is -2.67. The molecule has 2 heterocycles. The second-order valence-corrected chi connectivity index (χ2v) is 11.4. The summed E-state index contributed by atoms with van der Waals surface area (Å²) in [5.41, 5.74) is 0.829. The zero-order valence-corrected chi connectivity index (χ0v) is 19.7. The van der Waals surface area contributed by atoms with Crippen LogP contribution in [0.5, 0.6) is 11.5 Å². The van der Waals surface area contributed by atoms with E-state index in [1.807, 2.05) is 0 Å². The number of nitrogens with two attached hydrogens (primary N) is 1. The van der Waals surface area contributed by atoms with E-state index in [0.29, 0.717) is 36.7 Å². The number of hydrogen-bond donors (Lipinski definition) is 1. The SMILES string of the molecule is Cc1ccc(S(N)(=O)=O)cc1C(=O)N1CCN(S(=O)(=O)c2ccc3c(c2)OCCCO3)CC1. The molecule has 0 spiro atoms. The summed E-state index contributed by atoms with van der Waals surface area (Å²) in [6.45, 7) is 3.21. The molecule has 12 heteroatoms. The lowest BCUT2D eigenvalue weighted by Crippen LogP contribution is -2.50. The van der Waals surface area contributed by atoms with Crippen LogP contribution in [0.3, 0.4) is 0 Å². The first-order chi connectivity index (χ1) is 15.6. The lowest BCUT2D eigenvalue weighted by atomic mass is 10.1. The molecular weight excluding hydrogens is 470 g/mol. The second-order valence-electron chi connectivity index (χ2n) is 7.88. The van der Waals surface area contributed by atoms with E-state index in [4.69, 9.17) is 14.6 Å². The van der Waals surface area contributed by atoms with Gasteiger partial charge in [0.1, 0.15) is 0 Å². The van der Waals surface area contributed by atoms with Crippen LogP contribution < -0.4 is 14.6 Å². The molecule has 0 atom stereocenters. The van der Waals surface area contributed by atoms with Gasteiger partial charge in [-0.05, 0) is 36.8 Å². The first kappa shape index (κ1) is 23.5. The van der Waals surface area contributed by atoms with Gasteiger partial charge in [-0.3, -0.25) is 4.79 Å². The fourth-order valence-corrected chi connectivity index (χ4v) is 5.74. The molecule has 2 aliphatic heterocycles. The summed E-state index contributed by atoms with van der Waals surface area (Å²) in [6.07, 6.45) is 0.715. The monoisotopic (exact) mass is 495 g/mol. The number of aryl methyl sites for hydroxylation is 1. The molecule has 0 aliphatic carbocycles. The number of primary sulfonamides is 1. The molecule has 0 unspecified atom stereocenters. The molecule has 2 N–H and O–H groups in total. The smallest absolute Gasteiger partial charge is 0.254 e. The Balaban J connectivity index is 1.49. The van der Waals surface area contributed by atoms with Gasteiger partial charge in [-0.2, -0.15) is 4.31 Å². The largest absolute Gasteiger partial charge is 0.490 e. The Labute approximate surface area is 193 Å². The van der Waals surface area contributed by atoms with Crippen LogP contribution in [0, 0.1) is 6.92 Å². The number of fused-ring (bicyclic) bond motifs is 1. The van der Waals surface area contributed by atoms with Crippen LogP contribution in [0.25, 0.3) is 0 Å². The topological polar surface area (TPSA) is 136 Å². The number of rotatable bonds is 4. The third-order valence-corrected chi connectivity index (χ3v) is 8.46. The minimum absolute atomic E-state index is 0.100. The van der Waals surface area contributed by atoms with Crippen molar-refractivity contribution in [3.8, 4) is 11.5 Å². The summed E-state index contributed by atoms with van der Waals surface area (Å²) in [5, 5.41) is 5.18. The number of nitrogens with zero attached hydrogens (tertiary/aromatic N) is 2. The number of piperazine rings is 1. The molecule has 2 aliphatic rings.